The van der Waals surface area contributed by atoms with E-state index >= 15 is 0 Å². The van der Waals surface area contributed by atoms with Crippen molar-refractivity contribution in [1.82, 2.24) is 4.90 Å². The van der Waals surface area contributed by atoms with Gasteiger partial charge in [0.2, 0.25) is 0 Å². The molecule has 1 aromatic rings. The predicted octanol–water partition coefficient (Wildman–Crippen LogP) is 3.00. The van der Waals surface area contributed by atoms with E-state index in [0.717, 1.165) is 22.1 Å². The Kier molecular flexibility index (Phi) is 3.43. The van der Waals surface area contributed by atoms with Gasteiger partial charge in [0, 0.05) is 17.2 Å². The third-order valence-electron chi connectivity index (χ3n) is 2.42. The Morgan fingerprint density at radius 3 is 3.13 bits per heavy atom. The Bertz CT molecular complexity index is 374. The number of thioether (sulfide) groups is 1. The van der Waals surface area contributed by atoms with Gasteiger partial charge in [-0.15, -0.1) is 0 Å². The molecule has 1 amide bonds. The first-order chi connectivity index (χ1) is 7.24. The van der Waals surface area contributed by atoms with Gasteiger partial charge in [0.1, 0.15) is 4.32 Å². The number of nitrogens with zero attached hydrogens (tertiary/aromatic N) is 1. The third kappa shape index (κ3) is 2.09. The van der Waals surface area contributed by atoms with Crippen LogP contribution in [-0.2, 0) is 0 Å². The lowest BCUT2D eigenvalue weighted by Gasteiger charge is -2.21. The Morgan fingerprint density at radius 1 is 1.73 bits per heavy atom. The Morgan fingerprint density at radius 2 is 2.53 bits per heavy atom. The van der Waals surface area contributed by atoms with Crippen LogP contribution in [0.4, 0.5) is 0 Å². The van der Waals surface area contributed by atoms with Crippen molar-refractivity contribution < 1.29 is 4.79 Å². The summed E-state index contributed by atoms with van der Waals surface area (Å²) in [6.45, 7) is 2.09. The minimum atomic E-state index is 0.0538. The summed E-state index contributed by atoms with van der Waals surface area (Å²) in [7, 11) is 0. The third-order valence-corrected chi connectivity index (χ3v) is 4.65. The second-order valence-corrected chi connectivity index (χ2v) is 5.76. The van der Waals surface area contributed by atoms with Crippen LogP contribution < -0.4 is 0 Å². The molecule has 0 radical (unpaired) electrons. The quantitative estimate of drug-likeness (QED) is 0.760. The van der Waals surface area contributed by atoms with Crippen molar-refractivity contribution in [3.63, 3.8) is 0 Å². The fourth-order valence-corrected chi connectivity index (χ4v) is 3.69. The summed E-state index contributed by atoms with van der Waals surface area (Å²) in [5.41, 5.74) is 0.753. The van der Waals surface area contributed by atoms with E-state index in [9.17, 15) is 4.79 Å². The van der Waals surface area contributed by atoms with Gasteiger partial charge in [-0.1, -0.05) is 30.9 Å². The molecule has 0 aliphatic carbocycles. The van der Waals surface area contributed by atoms with Gasteiger partial charge in [-0.25, -0.2) is 0 Å². The van der Waals surface area contributed by atoms with E-state index in [1.54, 1.807) is 16.7 Å². The van der Waals surface area contributed by atoms with Crippen LogP contribution in [0, 0.1) is 0 Å². The van der Waals surface area contributed by atoms with Gasteiger partial charge in [0.15, 0.2) is 0 Å². The number of hydrogen-bond donors (Lipinski definition) is 0. The zero-order valence-electron chi connectivity index (χ0n) is 8.30. The van der Waals surface area contributed by atoms with Gasteiger partial charge < -0.3 is 0 Å². The average Bonchev–Trinajstić information content (AvgIpc) is 2.85. The molecule has 15 heavy (non-hydrogen) atoms. The number of amides is 1. The summed E-state index contributed by atoms with van der Waals surface area (Å²) in [5.74, 6) is 0.990. The van der Waals surface area contributed by atoms with Gasteiger partial charge in [-0.2, -0.15) is 11.3 Å². The molecule has 1 aromatic heterocycles. The van der Waals surface area contributed by atoms with Gasteiger partial charge >= 0.3 is 0 Å². The van der Waals surface area contributed by atoms with Crippen LogP contribution in [0.1, 0.15) is 23.7 Å². The lowest BCUT2D eigenvalue weighted by Crippen LogP contribution is -2.38. The minimum absolute atomic E-state index is 0.0538. The molecular formula is C10H11NOS3. The molecule has 0 aromatic carbocycles. The van der Waals surface area contributed by atoms with E-state index < -0.39 is 0 Å². The molecule has 80 valence electrons. The molecule has 1 atom stereocenters. The van der Waals surface area contributed by atoms with E-state index in [1.807, 2.05) is 16.8 Å². The van der Waals surface area contributed by atoms with Crippen molar-refractivity contribution in [2.24, 2.45) is 0 Å². The summed E-state index contributed by atoms with van der Waals surface area (Å²) >= 11 is 8.35. The summed E-state index contributed by atoms with van der Waals surface area (Å²) in [5, 5.41) is 3.79. The lowest BCUT2D eigenvalue weighted by atomic mass is 10.2. The first-order valence-corrected chi connectivity index (χ1v) is 7.10. The molecule has 1 saturated heterocycles. The van der Waals surface area contributed by atoms with Crippen molar-refractivity contribution in [2.75, 3.05) is 5.75 Å². The van der Waals surface area contributed by atoms with Crippen molar-refractivity contribution in [2.45, 2.75) is 19.4 Å². The first-order valence-electron chi connectivity index (χ1n) is 4.76. The molecule has 0 N–H and O–H groups in total. The van der Waals surface area contributed by atoms with Crippen LogP contribution in [0.3, 0.4) is 0 Å². The van der Waals surface area contributed by atoms with E-state index in [2.05, 4.69) is 6.92 Å². The van der Waals surface area contributed by atoms with E-state index in [-0.39, 0.29) is 11.9 Å². The van der Waals surface area contributed by atoms with Gasteiger partial charge in [-0.3, -0.25) is 9.69 Å². The van der Waals surface area contributed by atoms with E-state index in [4.69, 9.17) is 12.2 Å². The SMILES string of the molecule is CCC1CSC(=S)N1C(=O)c1ccsc1. The maximum Gasteiger partial charge on any atom is 0.260 e. The molecular weight excluding hydrogens is 246 g/mol. The molecule has 0 saturated carbocycles. The lowest BCUT2D eigenvalue weighted by molar-refractivity contribution is 0.0822. The Balaban J connectivity index is 2.22. The van der Waals surface area contributed by atoms with Crippen molar-refractivity contribution >= 4 is 45.5 Å². The Hall–Kier alpha value is -0.390. The average molecular weight is 257 g/mol. The molecule has 1 aliphatic rings. The van der Waals surface area contributed by atoms with Crippen LogP contribution >= 0.6 is 35.3 Å². The molecule has 2 nitrogen and oxygen atoms in total. The summed E-state index contributed by atoms with van der Waals surface area (Å²) in [4.78, 5) is 13.9. The zero-order chi connectivity index (χ0) is 10.8. The number of carbonyl (C=O) groups is 1. The number of hydrogen-bond acceptors (Lipinski definition) is 4. The fraction of sp³-hybridized carbons (Fsp3) is 0.400. The summed E-state index contributed by atoms with van der Waals surface area (Å²) in [6.07, 6.45) is 0.961. The standard InChI is InChI=1S/C10H11NOS3/c1-2-8-6-15-10(13)11(8)9(12)7-3-4-14-5-7/h3-5,8H,2,6H2,1H3. The largest absolute Gasteiger partial charge is 0.290 e. The van der Waals surface area contributed by atoms with Gasteiger partial charge in [-0.05, 0) is 17.9 Å². The molecule has 2 heterocycles. The Labute approximate surface area is 103 Å². The van der Waals surface area contributed by atoms with Crippen molar-refractivity contribution in [1.29, 1.82) is 0 Å². The maximum absolute atomic E-state index is 12.1. The second-order valence-electron chi connectivity index (χ2n) is 3.33. The highest BCUT2D eigenvalue weighted by atomic mass is 32.2. The maximum atomic E-state index is 12.1. The highest BCUT2D eigenvalue weighted by molar-refractivity contribution is 8.23. The van der Waals surface area contributed by atoms with Crippen molar-refractivity contribution in [3.8, 4) is 0 Å². The second kappa shape index (κ2) is 4.63. The first kappa shape index (κ1) is 11.1. The van der Waals surface area contributed by atoms with Crippen LogP contribution in [0.15, 0.2) is 16.8 Å². The topological polar surface area (TPSA) is 20.3 Å². The van der Waals surface area contributed by atoms with E-state index in [1.165, 1.54) is 11.3 Å². The number of carbonyl (C=O) groups excluding carboxylic acids is 1. The van der Waals surface area contributed by atoms with Gasteiger partial charge in [0.05, 0.1) is 5.56 Å². The zero-order valence-corrected chi connectivity index (χ0v) is 10.8. The smallest absolute Gasteiger partial charge is 0.260 e. The van der Waals surface area contributed by atoms with Crippen LogP contribution in [0.25, 0.3) is 0 Å². The molecule has 1 unspecified atom stereocenters. The molecule has 1 fully saturated rings. The molecule has 1 aliphatic heterocycles. The number of rotatable bonds is 2. The molecule has 5 heteroatoms. The highest BCUT2D eigenvalue weighted by Crippen LogP contribution is 2.28. The number of thiophene rings is 1. The van der Waals surface area contributed by atoms with Crippen LogP contribution in [-0.4, -0.2) is 26.9 Å². The van der Waals surface area contributed by atoms with E-state index in [0.29, 0.717) is 0 Å². The van der Waals surface area contributed by atoms with Crippen LogP contribution in [0.5, 0.6) is 0 Å². The monoisotopic (exact) mass is 257 g/mol. The summed E-state index contributed by atoms with van der Waals surface area (Å²) < 4.78 is 0.720. The molecule has 2 rings (SSSR count). The summed E-state index contributed by atoms with van der Waals surface area (Å²) in [6, 6.07) is 2.13. The predicted molar refractivity (Wildman–Crippen MR) is 69.6 cm³/mol. The minimum Gasteiger partial charge on any atom is -0.290 e. The highest BCUT2D eigenvalue weighted by Gasteiger charge is 2.33. The number of thiocarbonyl (C=S) groups is 1. The van der Waals surface area contributed by atoms with Crippen molar-refractivity contribution in [3.05, 3.63) is 22.4 Å². The molecule has 0 spiro atoms. The normalized spacial score (nSPS) is 21.0. The fourth-order valence-electron chi connectivity index (χ4n) is 1.54. The van der Waals surface area contributed by atoms with Gasteiger partial charge in [0.25, 0.3) is 5.91 Å². The van der Waals surface area contributed by atoms with Crippen LogP contribution in [0.2, 0.25) is 0 Å². The molecule has 0 bridgehead atoms.